The topological polar surface area (TPSA) is 37.3 Å². The molecule has 0 spiro atoms. The Kier molecular flexibility index (Phi) is 1.95. The van der Waals surface area contributed by atoms with E-state index in [2.05, 4.69) is 12.6 Å². The lowest BCUT2D eigenvalue weighted by Crippen LogP contribution is -2.23. The molecule has 10 heavy (non-hydrogen) atoms. The van der Waals surface area contributed by atoms with Crippen molar-refractivity contribution < 1.29 is 9.90 Å². The van der Waals surface area contributed by atoms with Gasteiger partial charge in [0.2, 0.25) is 0 Å². The number of aliphatic carboxylic acids is 1. The summed E-state index contributed by atoms with van der Waals surface area (Å²) < 4.78 is 0. The lowest BCUT2D eigenvalue weighted by Gasteiger charge is -2.15. The number of carboxylic acid groups (broad SMARTS) is 1. The molecule has 1 saturated carbocycles. The van der Waals surface area contributed by atoms with Crippen LogP contribution >= 0.6 is 12.6 Å². The van der Waals surface area contributed by atoms with E-state index in [1.54, 1.807) is 6.92 Å². The van der Waals surface area contributed by atoms with Crippen LogP contribution in [0.15, 0.2) is 0 Å². The summed E-state index contributed by atoms with van der Waals surface area (Å²) in [6.45, 7) is 1.77. The maximum Gasteiger partial charge on any atom is 0.306 e. The van der Waals surface area contributed by atoms with Crippen LogP contribution in [-0.4, -0.2) is 16.8 Å². The molecule has 58 valence electrons. The second kappa shape index (κ2) is 2.46. The van der Waals surface area contributed by atoms with Crippen molar-refractivity contribution in [2.24, 2.45) is 11.3 Å². The van der Waals surface area contributed by atoms with E-state index in [0.29, 0.717) is 5.75 Å². The highest BCUT2D eigenvalue weighted by atomic mass is 32.1. The molecule has 0 aromatic heterocycles. The van der Waals surface area contributed by atoms with Gasteiger partial charge in [-0.3, -0.25) is 4.79 Å². The van der Waals surface area contributed by atoms with Crippen LogP contribution in [0.4, 0.5) is 0 Å². The quantitative estimate of drug-likeness (QED) is 0.613. The van der Waals surface area contributed by atoms with Crippen molar-refractivity contribution in [3.05, 3.63) is 0 Å². The Bertz CT molecular complexity index is 152. The molecule has 0 aromatic carbocycles. The van der Waals surface area contributed by atoms with Gasteiger partial charge in [-0.1, -0.05) is 6.92 Å². The zero-order valence-corrected chi connectivity index (χ0v) is 6.90. The van der Waals surface area contributed by atoms with E-state index in [1.807, 2.05) is 0 Å². The molecule has 0 aliphatic heterocycles. The van der Waals surface area contributed by atoms with Crippen molar-refractivity contribution in [1.82, 2.24) is 0 Å². The fraction of sp³-hybridized carbons (Fsp3) is 0.857. The van der Waals surface area contributed by atoms with Crippen molar-refractivity contribution in [2.75, 3.05) is 5.75 Å². The van der Waals surface area contributed by atoms with Gasteiger partial charge in [0.15, 0.2) is 0 Å². The fourth-order valence-electron chi connectivity index (χ4n) is 1.15. The summed E-state index contributed by atoms with van der Waals surface area (Å²) in [5.74, 6) is -0.197. The van der Waals surface area contributed by atoms with Gasteiger partial charge < -0.3 is 5.11 Å². The molecule has 0 saturated heterocycles. The minimum atomic E-state index is -0.688. The molecule has 0 aromatic rings. The number of hydrogen-bond acceptors (Lipinski definition) is 2. The molecule has 1 fully saturated rings. The summed E-state index contributed by atoms with van der Waals surface area (Å²) in [6.07, 6.45) is 2.06. The van der Waals surface area contributed by atoms with E-state index in [4.69, 9.17) is 5.11 Å². The zero-order chi connectivity index (χ0) is 7.78. The van der Waals surface area contributed by atoms with Crippen molar-refractivity contribution in [2.45, 2.75) is 19.8 Å². The molecule has 0 amide bonds. The molecule has 1 unspecified atom stereocenters. The van der Waals surface area contributed by atoms with Crippen LogP contribution < -0.4 is 0 Å². The van der Waals surface area contributed by atoms with Gasteiger partial charge in [0, 0.05) is 0 Å². The van der Waals surface area contributed by atoms with Gasteiger partial charge in [0.05, 0.1) is 5.92 Å². The molecule has 0 heterocycles. The second-order valence-corrected chi connectivity index (χ2v) is 3.40. The largest absolute Gasteiger partial charge is 0.481 e. The highest BCUT2D eigenvalue weighted by Crippen LogP contribution is 2.52. The Morgan fingerprint density at radius 1 is 1.80 bits per heavy atom. The summed E-state index contributed by atoms with van der Waals surface area (Å²) in [6, 6.07) is 0. The molecular formula is C7H12O2S. The first kappa shape index (κ1) is 7.92. The standard InChI is InChI=1S/C7H12O2S/c1-5(6(8)9)7(4-10)2-3-7/h5,10H,2-4H2,1H3,(H,8,9). The van der Waals surface area contributed by atoms with Crippen LogP contribution in [0.3, 0.4) is 0 Å². The highest BCUT2D eigenvalue weighted by Gasteiger charge is 2.48. The summed E-state index contributed by atoms with van der Waals surface area (Å²) in [7, 11) is 0. The molecule has 1 N–H and O–H groups in total. The van der Waals surface area contributed by atoms with E-state index in [0.717, 1.165) is 12.8 Å². The summed E-state index contributed by atoms with van der Waals surface area (Å²) in [5.41, 5.74) is 0.0367. The van der Waals surface area contributed by atoms with Crippen LogP contribution in [0, 0.1) is 11.3 Å². The molecule has 1 atom stereocenters. The molecule has 1 rings (SSSR count). The third-order valence-corrected chi connectivity index (χ3v) is 3.13. The minimum Gasteiger partial charge on any atom is -0.481 e. The van der Waals surface area contributed by atoms with Gasteiger partial charge in [0.1, 0.15) is 0 Å². The Morgan fingerprint density at radius 3 is 2.40 bits per heavy atom. The first-order valence-corrected chi connectivity index (χ1v) is 4.09. The van der Waals surface area contributed by atoms with Crippen molar-refractivity contribution in [1.29, 1.82) is 0 Å². The third kappa shape index (κ3) is 1.15. The molecule has 1 aliphatic rings. The van der Waals surface area contributed by atoms with Crippen molar-refractivity contribution >= 4 is 18.6 Å². The maximum absolute atomic E-state index is 10.5. The number of carboxylic acids is 1. The smallest absolute Gasteiger partial charge is 0.306 e. The fourth-order valence-corrected chi connectivity index (χ4v) is 1.74. The lowest BCUT2D eigenvalue weighted by molar-refractivity contribution is -0.143. The first-order valence-electron chi connectivity index (χ1n) is 3.46. The van der Waals surface area contributed by atoms with Gasteiger partial charge >= 0.3 is 5.97 Å². The van der Waals surface area contributed by atoms with Crippen LogP contribution in [0.2, 0.25) is 0 Å². The van der Waals surface area contributed by atoms with Crippen LogP contribution in [0.1, 0.15) is 19.8 Å². The summed E-state index contributed by atoms with van der Waals surface area (Å²) >= 11 is 4.13. The first-order chi connectivity index (χ1) is 4.62. The van der Waals surface area contributed by atoms with Crippen molar-refractivity contribution in [3.63, 3.8) is 0 Å². The van der Waals surface area contributed by atoms with Gasteiger partial charge in [-0.05, 0) is 24.0 Å². The van der Waals surface area contributed by atoms with Crippen LogP contribution in [0.5, 0.6) is 0 Å². The normalized spacial score (nSPS) is 23.8. The minimum absolute atomic E-state index is 0.0367. The predicted octanol–water partition coefficient (Wildman–Crippen LogP) is 1.42. The SMILES string of the molecule is CC(C(=O)O)C1(CS)CC1. The van der Waals surface area contributed by atoms with Crippen molar-refractivity contribution in [3.8, 4) is 0 Å². The molecule has 0 bridgehead atoms. The lowest BCUT2D eigenvalue weighted by atomic mass is 9.93. The molecule has 2 nitrogen and oxygen atoms in total. The number of rotatable bonds is 3. The molecule has 1 aliphatic carbocycles. The zero-order valence-electron chi connectivity index (χ0n) is 6.00. The van der Waals surface area contributed by atoms with E-state index in [9.17, 15) is 4.79 Å². The Hall–Kier alpha value is -0.180. The average molecular weight is 160 g/mol. The number of thiol groups is 1. The van der Waals surface area contributed by atoms with Gasteiger partial charge in [-0.25, -0.2) is 0 Å². The van der Waals surface area contributed by atoms with Crippen LogP contribution in [-0.2, 0) is 4.79 Å². The van der Waals surface area contributed by atoms with E-state index in [-0.39, 0.29) is 11.3 Å². The summed E-state index contributed by atoms with van der Waals surface area (Å²) in [4.78, 5) is 10.5. The summed E-state index contributed by atoms with van der Waals surface area (Å²) in [5, 5.41) is 8.65. The average Bonchev–Trinajstić information content (AvgIpc) is 2.66. The van der Waals surface area contributed by atoms with Gasteiger partial charge in [-0.2, -0.15) is 12.6 Å². The Labute approximate surface area is 66.0 Å². The van der Waals surface area contributed by atoms with E-state index in [1.165, 1.54) is 0 Å². The molecular weight excluding hydrogens is 148 g/mol. The molecule has 0 radical (unpaired) electrons. The van der Waals surface area contributed by atoms with Crippen LogP contribution in [0.25, 0.3) is 0 Å². The number of carbonyl (C=O) groups is 1. The highest BCUT2D eigenvalue weighted by molar-refractivity contribution is 7.80. The maximum atomic E-state index is 10.5. The van der Waals surface area contributed by atoms with E-state index < -0.39 is 5.97 Å². The third-order valence-electron chi connectivity index (χ3n) is 2.50. The molecule has 3 heteroatoms. The Morgan fingerprint density at radius 2 is 2.30 bits per heavy atom. The van der Waals surface area contributed by atoms with Gasteiger partial charge in [-0.15, -0.1) is 0 Å². The monoisotopic (exact) mass is 160 g/mol. The Balaban J connectivity index is 2.55. The predicted molar refractivity (Wildman–Crippen MR) is 42.3 cm³/mol. The second-order valence-electron chi connectivity index (χ2n) is 3.08. The van der Waals surface area contributed by atoms with Gasteiger partial charge in [0.25, 0.3) is 0 Å². The van der Waals surface area contributed by atoms with E-state index >= 15 is 0 Å². The number of hydrogen-bond donors (Lipinski definition) is 2.